The number of carbonyl (C=O) groups excluding carboxylic acids is 2. The lowest BCUT2D eigenvalue weighted by Crippen LogP contribution is -2.55. The molecule has 0 radical (unpaired) electrons. The summed E-state index contributed by atoms with van der Waals surface area (Å²) in [5, 5.41) is 0. The first kappa shape index (κ1) is 17.0. The molecule has 0 aromatic heterocycles. The molecule has 1 atom stereocenters. The monoisotopic (exact) mass is 309 g/mol. The van der Waals surface area contributed by atoms with Gasteiger partial charge in [0.1, 0.15) is 6.04 Å². The number of likely N-dealkylation sites (tertiary alicyclic amines) is 2. The summed E-state index contributed by atoms with van der Waals surface area (Å²) in [4.78, 5) is 27.9. The zero-order valence-electron chi connectivity index (χ0n) is 13.4. The predicted molar refractivity (Wildman–Crippen MR) is 84.1 cm³/mol. The molecule has 0 saturated carbocycles. The van der Waals surface area contributed by atoms with Gasteiger partial charge in [0.15, 0.2) is 0 Å². The van der Waals surface area contributed by atoms with Crippen molar-refractivity contribution in [2.24, 2.45) is 11.1 Å². The Labute approximate surface area is 132 Å². The van der Waals surface area contributed by atoms with Crippen molar-refractivity contribution in [1.29, 1.82) is 0 Å². The van der Waals surface area contributed by atoms with Crippen molar-refractivity contribution in [3.8, 4) is 0 Å². The number of nitrogens with zero attached hydrogens (tertiary/aromatic N) is 2. The zero-order valence-corrected chi connectivity index (χ0v) is 13.4. The fraction of sp³-hybridized carbons (Fsp3) is 0.750. The number of hydrogen-bond acceptors (Lipinski definition) is 4. The third-order valence-electron chi connectivity index (χ3n) is 4.90. The van der Waals surface area contributed by atoms with Gasteiger partial charge in [0.05, 0.1) is 6.61 Å². The van der Waals surface area contributed by atoms with Gasteiger partial charge in [-0.05, 0) is 24.7 Å². The van der Waals surface area contributed by atoms with Crippen LogP contribution >= 0.6 is 0 Å². The van der Waals surface area contributed by atoms with Crippen molar-refractivity contribution in [1.82, 2.24) is 9.80 Å². The van der Waals surface area contributed by atoms with Crippen LogP contribution in [-0.4, -0.2) is 67.6 Å². The van der Waals surface area contributed by atoms with Crippen LogP contribution in [0.25, 0.3) is 0 Å². The van der Waals surface area contributed by atoms with E-state index in [0.717, 1.165) is 25.8 Å². The summed E-state index contributed by atoms with van der Waals surface area (Å²) in [6.07, 6.45) is 5.16. The summed E-state index contributed by atoms with van der Waals surface area (Å²) in [6.45, 7) is 6.80. The minimum absolute atomic E-state index is 0.0356. The molecule has 0 unspecified atom stereocenters. The highest BCUT2D eigenvalue weighted by atomic mass is 16.5. The molecular weight excluding hydrogens is 282 g/mol. The highest BCUT2D eigenvalue weighted by Crippen LogP contribution is 2.40. The zero-order chi connectivity index (χ0) is 16.2. The quantitative estimate of drug-likeness (QED) is 0.745. The first-order valence-electron chi connectivity index (χ1n) is 7.93. The van der Waals surface area contributed by atoms with Crippen LogP contribution < -0.4 is 5.73 Å². The van der Waals surface area contributed by atoms with Crippen molar-refractivity contribution in [2.75, 3.05) is 39.9 Å². The Morgan fingerprint density at radius 2 is 2.14 bits per heavy atom. The second-order valence-corrected chi connectivity index (χ2v) is 6.45. The molecule has 1 spiro atoms. The van der Waals surface area contributed by atoms with E-state index in [2.05, 4.69) is 6.58 Å². The fourth-order valence-electron chi connectivity index (χ4n) is 3.52. The molecule has 0 aromatic carbocycles. The van der Waals surface area contributed by atoms with Crippen LogP contribution in [0.2, 0.25) is 0 Å². The van der Waals surface area contributed by atoms with E-state index in [-0.39, 0.29) is 23.8 Å². The molecule has 2 aliphatic heterocycles. The van der Waals surface area contributed by atoms with Crippen LogP contribution in [0.5, 0.6) is 0 Å². The molecule has 2 N–H and O–H groups in total. The predicted octanol–water partition coefficient (Wildman–Crippen LogP) is 0.377. The van der Waals surface area contributed by atoms with Crippen LogP contribution in [-0.2, 0) is 14.3 Å². The van der Waals surface area contributed by atoms with Crippen molar-refractivity contribution in [3.05, 3.63) is 12.7 Å². The maximum Gasteiger partial charge on any atom is 0.241 e. The normalized spacial score (nSPS) is 22.7. The Balaban J connectivity index is 1.92. The van der Waals surface area contributed by atoms with Gasteiger partial charge in [-0.2, -0.15) is 0 Å². The lowest BCUT2D eigenvalue weighted by Gasteiger charge is -2.47. The van der Waals surface area contributed by atoms with E-state index in [1.807, 2.05) is 9.80 Å². The van der Waals surface area contributed by atoms with Gasteiger partial charge in [0.2, 0.25) is 11.8 Å². The number of methoxy groups -OCH3 is 1. The minimum Gasteiger partial charge on any atom is -0.383 e. The third-order valence-corrected chi connectivity index (χ3v) is 4.90. The van der Waals surface area contributed by atoms with Crippen LogP contribution in [0.15, 0.2) is 12.7 Å². The van der Waals surface area contributed by atoms with E-state index >= 15 is 0 Å². The maximum atomic E-state index is 12.2. The molecule has 6 nitrogen and oxygen atoms in total. The number of amides is 2. The second kappa shape index (κ2) is 7.24. The van der Waals surface area contributed by atoms with E-state index in [0.29, 0.717) is 26.1 Å². The van der Waals surface area contributed by atoms with Gasteiger partial charge < -0.3 is 20.3 Å². The van der Waals surface area contributed by atoms with E-state index < -0.39 is 6.04 Å². The van der Waals surface area contributed by atoms with Crippen LogP contribution in [0.4, 0.5) is 0 Å². The van der Waals surface area contributed by atoms with Crippen molar-refractivity contribution in [3.63, 3.8) is 0 Å². The summed E-state index contributed by atoms with van der Waals surface area (Å²) in [5.41, 5.74) is 5.98. The number of nitrogens with two attached hydrogens (primary N) is 1. The number of ether oxygens (including phenoxy) is 1. The van der Waals surface area contributed by atoms with Crippen molar-refractivity contribution in [2.45, 2.75) is 31.7 Å². The molecule has 0 bridgehead atoms. The lowest BCUT2D eigenvalue weighted by molar-refractivity contribution is -0.142. The summed E-state index contributed by atoms with van der Waals surface area (Å²) in [6, 6.07) is -0.579. The molecular formula is C16H27N3O3. The Morgan fingerprint density at radius 3 is 2.73 bits per heavy atom. The van der Waals surface area contributed by atoms with E-state index in [9.17, 15) is 9.59 Å². The smallest absolute Gasteiger partial charge is 0.241 e. The van der Waals surface area contributed by atoms with Gasteiger partial charge in [0, 0.05) is 39.7 Å². The molecule has 2 amide bonds. The topological polar surface area (TPSA) is 75.9 Å². The standard InChI is InChI=1S/C16H27N3O3/c1-3-8-19-12-16(5-4-14(19)20)6-9-18(10-7-16)15(21)13(17)11-22-2/h3,13H,1,4-12,17H2,2H3/t13-/m1/s1. The Kier molecular flexibility index (Phi) is 5.58. The fourth-order valence-corrected chi connectivity index (χ4v) is 3.52. The molecule has 2 fully saturated rings. The van der Waals surface area contributed by atoms with Crippen LogP contribution in [0.1, 0.15) is 25.7 Å². The number of carbonyl (C=O) groups is 2. The highest BCUT2D eigenvalue weighted by Gasteiger charge is 2.41. The Hall–Kier alpha value is -1.40. The van der Waals surface area contributed by atoms with Gasteiger partial charge in [-0.25, -0.2) is 0 Å². The second-order valence-electron chi connectivity index (χ2n) is 6.45. The molecule has 2 heterocycles. The number of piperidine rings is 2. The molecule has 0 aliphatic carbocycles. The first-order chi connectivity index (χ1) is 10.5. The minimum atomic E-state index is -0.579. The van der Waals surface area contributed by atoms with E-state index in [1.165, 1.54) is 0 Å². The molecule has 2 saturated heterocycles. The third kappa shape index (κ3) is 3.67. The average molecular weight is 309 g/mol. The van der Waals surface area contributed by atoms with Gasteiger partial charge in [0.25, 0.3) is 0 Å². The molecule has 22 heavy (non-hydrogen) atoms. The highest BCUT2D eigenvalue weighted by molar-refractivity contribution is 5.82. The SMILES string of the molecule is C=CCN1CC2(CCC1=O)CCN(C(=O)[C@H](N)COC)CC2. The Morgan fingerprint density at radius 1 is 1.45 bits per heavy atom. The van der Waals surface area contributed by atoms with Crippen molar-refractivity contribution >= 4 is 11.8 Å². The lowest BCUT2D eigenvalue weighted by atomic mass is 9.72. The van der Waals surface area contributed by atoms with Gasteiger partial charge in [-0.3, -0.25) is 9.59 Å². The van der Waals surface area contributed by atoms with E-state index in [1.54, 1.807) is 13.2 Å². The summed E-state index contributed by atoms with van der Waals surface area (Å²) < 4.78 is 4.95. The van der Waals surface area contributed by atoms with Crippen LogP contribution in [0.3, 0.4) is 0 Å². The first-order valence-corrected chi connectivity index (χ1v) is 7.93. The summed E-state index contributed by atoms with van der Waals surface area (Å²) >= 11 is 0. The van der Waals surface area contributed by atoms with E-state index in [4.69, 9.17) is 10.5 Å². The summed E-state index contributed by atoms with van der Waals surface area (Å²) in [7, 11) is 1.55. The van der Waals surface area contributed by atoms with Gasteiger partial charge >= 0.3 is 0 Å². The molecule has 6 heteroatoms. The number of rotatable bonds is 5. The molecule has 124 valence electrons. The largest absolute Gasteiger partial charge is 0.383 e. The maximum absolute atomic E-state index is 12.2. The van der Waals surface area contributed by atoms with Gasteiger partial charge in [-0.15, -0.1) is 6.58 Å². The Bertz CT molecular complexity index is 430. The molecule has 2 aliphatic rings. The molecule has 0 aromatic rings. The number of hydrogen-bond donors (Lipinski definition) is 1. The van der Waals surface area contributed by atoms with Crippen molar-refractivity contribution < 1.29 is 14.3 Å². The average Bonchev–Trinajstić information content (AvgIpc) is 2.52. The molecule has 2 rings (SSSR count). The summed E-state index contributed by atoms with van der Waals surface area (Å²) in [5.74, 6) is 0.178. The van der Waals surface area contributed by atoms with Gasteiger partial charge in [-0.1, -0.05) is 6.08 Å². The van der Waals surface area contributed by atoms with Crippen LogP contribution in [0, 0.1) is 5.41 Å².